The van der Waals surface area contributed by atoms with Gasteiger partial charge >= 0.3 is 0 Å². The van der Waals surface area contributed by atoms with Gasteiger partial charge in [-0.2, -0.15) is 0 Å². The van der Waals surface area contributed by atoms with Crippen LogP contribution in [-0.2, 0) is 0 Å². The minimum atomic E-state index is 1.15. The van der Waals surface area contributed by atoms with Crippen molar-refractivity contribution in [2.45, 2.75) is 33.6 Å². The lowest BCUT2D eigenvalue weighted by molar-refractivity contribution is 0.875. The Balaban J connectivity index is 4.58. The molecule has 0 saturated carbocycles. The maximum atomic E-state index is 3.21. The van der Waals surface area contributed by atoms with Crippen LogP contribution in [0.2, 0.25) is 0 Å². The van der Waals surface area contributed by atoms with E-state index in [0.717, 1.165) is 6.42 Å². The van der Waals surface area contributed by atoms with Crippen LogP contribution in [0.15, 0.2) is 23.0 Å². The van der Waals surface area contributed by atoms with Crippen molar-refractivity contribution in [1.29, 1.82) is 0 Å². The van der Waals surface area contributed by atoms with Crippen molar-refractivity contribution in [3.05, 3.63) is 23.0 Å². The molecule has 0 saturated heterocycles. The Bertz CT molecular complexity index is 202. The third kappa shape index (κ3) is 4.02. The first-order valence-corrected chi connectivity index (χ1v) is 4.90. The standard InChI is InChI=1S/C11H22N2/c1-6-7-8-9(2)11(13-5)10(3)12-4/h8,12-13H,6-7H2,1-5H3/b9-8+,11-10+. The van der Waals surface area contributed by atoms with Crippen molar-refractivity contribution >= 4 is 0 Å². The lowest BCUT2D eigenvalue weighted by atomic mass is 10.1. The normalized spacial score (nSPS) is 13.8. The fourth-order valence-electron chi connectivity index (χ4n) is 1.27. The third-order valence-corrected chi connectivity index (χ3v) is 2.13. The Labute approximate surface area is 82.1 Å². The number of hydrogen-bond acceptors (Lipinski definition) is 2. The summed E-state index contributed by atoms with van der Waals surface area (Å²) in [5, 5.41) is 6.36. The topological polar surface area (TPSA) is 24.1 Å². The van der Waals surface area contributed by atoms with Crippen LogP contribution in [0.25, 0.3) is 0 Å². The highest BCUT2D eigenvalue weighted by Crippen LogP contribution is 2.10. The van der Waals surface area contributed by atoms with Gasteiger partial charge in [0.15, 0.2) is 0 Å². The Kier molecular flexibility index (Phi) is 6.11. The molecule has 2 N–H and O–H groups in total. The van der Waals surface area contributed by atoms with E-state index in [2.05, 4.69) is 37.5 Å². The zero-order valence-corrected chi connectivity index (χ0v) is 9.49. The quantitative estimate of drug-likeness (QED) is 0.638. The second-order valence-corrected chi connectivity index (χ2v) is 3.18. The molecule has 0 aromatic rings. The first-order chi connectivity index (χ1) is 6.17. The predicted molar refractivity (Wildman–Crippen MR) is 59.5 cm³/mol. The number of allylic oxidation sites excluding steroid dienone is 3. The third-order valence-electron chi connectivity index (χ3n) is 2.13. The molecule has 0 rings (SSSR count). The molecule has 0 aliphatic rings. The molecular weight excluding hydrogens is 160 g/mol. The van der Waals surface area contributed by atoms with Gasteiger partial charge in [-0.25, -0.2) is 0 Å². The summed E-state index contributed by atoms with van der Waals surface area (Å²) in [6, 6.07) is 0. The minimum absolute atomic E-state index is 1.15. The van der Waals surface area contributed by atoms with Crippen LogP contribution in [0.5, 0.6) is 0 Å². The average molecular weight is 182 g/mol. The molecule has 2 nitrogen and oxygen atoms in total. The lowest BCUT2D eigenvalue weighted by Gasteiger charge is -2.12. The Morgan fingerprint density at radius 2 is 1.77 bits per heavy atom. The van der Waals surface area contributed by atoms with E-state index in [0.29, 0.717) is 0 Å². The number of nitrogens with one attached hydrogen (secondary N) is 2. The number of likely N-dealkylation sites (N-methyl/N-ethyl adjacent to an activating group) is 1. The molecule has 0 aromatic carbocycles. The lowest BCUT2D eigenvalue weighted by Crippen LogP contribution is -2.16. The molecule has 0 atom stereocenters. The summed E-state index contributed by atoms with van der Waals surface area (Å²) >= 11 is 0. The fourth-order valence-corrected chi connectivity index (χ4v) is 1.27. The van der Waals surface area contributed by atoms with Crippen molar-refractivity contribution in [2.24, 2.45) is 0 Å². The molecule has 0 spiro atoms. The maximum absolute atomic E-state index is 3.21. The van der Waals surface area contributed by atoms with Gasteiger partial charge in [0.1, 0.15) is 0 Å². The van der Waals surface area contributed by atoms with Gasteiger partial charge in [-0.3, -0.25) is 0 Å². The molecular formula is C11H22N2. The van der Waals surface area contributed by atoms with E-state index < -0.39 is 0 Å². The summed E-state index contributed by atoms with van der Waals surface area (Å²) in [4.78, 5) is 0. The molecule has 0 heterocycles. The smallest absolute Gasteiger partial charge is 0.0553 e. The molecule has 13 heavy (non-hydrogen) atoms. The SMILES string of the molecule is CCC/C=C(C)/C(NC)=C(/C)NC. The summed E-state index contributed by atoms with van der Waals surface area (Å²) in [5.74, 6) is 0. The zero-order valence-electron chi connectivity index (χ0n) is 9.49. The van der Waals surface area contributed by atoms with E-state index in [1.165, 1.54) is 23.4 Å². The van der Waals surface area contributed by atoms with Crippen molar-refractivity contribution in [3.8, 4) is 0 Å². The molecule has 0 fully saturated rings. The summed E-state index contributed by atoms with van der Waals surface area (Å²) < 4.78 is 0. The van der Waals surface area contributed by atoms with Gasteiger partial charge in [-0.15, -0.1) is 0 Å². The summed E-state index contributed by atoms with van der Waals surface area (Å²) in [6.45, 7) is 6.41. The summed E-state index contributed by atoms with van der Waals surface area (Å²) in [6.07, 6.45) is 4.62. The highest BCUT2D eigenvalue weighted by Gasteiger charge is 2.00. The average Bonchev–Trinajstić information content (AvgIpc) is 2.15. The van der Waals surface area contributed by atoms with Crippen molar-refractivity contribution in [3.63, 3.8) is 0 Å². The molecule has 0 aliphatic carbocycles. The highest BCUT2D eigenvalue weighted by molar-refractivity contribution is 5.30. The molecule has 0 amide bonds. The van der Waals surface area contributed by atoms with Gasteiger partial charge in [0.2, 0.25) is 0 Å². The first kappa shape index (κ1) is 12.1. The van der Waals surface area contributed by atoms with Crippen LogP contribution in [0.1, 0.15) is 33.6 Å². The first-order valence-electron chi connectivity index (χ1n) is 4.90. The fraction of sp³-hybridized carbons (Fsp3) is 0.636. The van der Waals surface area contributed by atoms with E-state index >= 15 is 0 Å². The second kappa shape index (κ2) is 6.58. The summed E-state index contributed by atoms with van der Waals surface area (Å²) in [5.41, 5.74) is 3.71. The minimum Gasteiger partial charge on any atom is -0.390 e. The van der Waals surface area contributed by atoms with Crippen LogP contribution in [0, 0.1) is 0 Å². The number of rotatable bonds is 5. The van der Waals surface area contributed by atoms with Gasteiger partial charge in [0.05, 0.1) is 5.70 Å². The van der Waals surface area contributed by atoms with E-state index in [4.69, 9.17) is 0 Å². The van der Waals surface area contributed by atoms with Gasteiger partial charge in [0, 0.05) is 19.8 Å². The van der Waals surface area contributed by atoms with Crippen LogP contribution >= 0.6 is 0 Å². The van der Waals surface area contributed by atoms with Crippen molar-refractivity contribution in [2.75, 3.05) is 14.1 Å². The molecule has 0 radical (unpaired) electrons. The van der Waals surface area contributed by atoms with Gasteiger partial charge < -0.3 is 10.6 Å². The van der Waals surface area contributed by atoms with Crippen LogP contribution in [0.4, 0.5) is 0 Å². The number of unbranched alkanes of at least 4 members (excludes halogenated alkanes) is 1. The number of hydrogen-bond donors (Lipinski definition) is 2. The highest BCUT2D eigenvalue weighted by atomic mass is 14.9. The predicted octanol–water partition coefficient (Wildman–Crippen LogP) is 2.40. The van der Waals surface area contributed by atoms with Crippen LogP contribution in [0.3, 0.4) is 0 Å². The maximum Gasteiger partial charge on any atom is 0.0553 e. The summed E-state index contributed by atoms with van der Waals surface area (Å²) in [7, 11) is 3.90. The van der Waals surface area contributed by atoms with Gasteiger partial charge in [0.25, 0.3) is 0 Å². The van der Waals surface area contributed by atoms with Crippen molar-refractivity contribution in [1.82, 2.24) is 10.6 Å². The monoisotopic (exact) mass is 182 g/mol. The molecule has 0 aromatic heterocycles. The molecule has 0 bridgehead atoms. The van der Waals surface area contributed by atoms with Gasteiger partial charge in [-0.05, 0) is 25.8 Å². The van der Waals surface area contributed by atoms with E-state index in [-0.39, 0.29) is 0 Å². The van der Waals surface area contributed by atoms with E-state index in [1.54, 1.807) is 0 Å². The van der Waals surface area contributed by atoms with E-state index in [1.807, 2.05) is 14.1 Å². The van der Waals surface area contributed by atoms with Crippen molar-refractivity contribution < 1.29 is 0 Å². The van der Waals surface area contributed by atoms with E-state index in [9.17, 15) is 0 Å². The molecule has 0 unspecified atom stereocenters. The zero-order chi connectivity index (χ0) is 10.3. The molecule has 0 aliphatic heterocycles. The second-order valence-electron chi connectivity index (χ2n) is 3.18. The Hall–Kier alpha value is -0.920. The van der Waals surface area contributed by atoms with Crippen LogP contribution in [-0.4, -0.2) is 14.1 Å². The largest absolute Gasteiger partial charge is 0.390 e. The van der Waals surface area contributed by atoms with Gasteiger partial charge in [-0.1, -0.05) is 19.4 Å². The molecule has 76 valence electrons. The van der Waals surface area contributed by atoms with Crippen LogP contribution < -0.4 is 10.6 Å². The Morgan fingerprint density at radius 1 is 1.15 bits per heavy atom. The Morgan fingerprint density at radius 3 is 2.15 bits per heavy atom. The molecule has 2 heteroatoms.